The van der Waals surface area contributed by atoms with Crippen LogP contribution in [0.1, 0.15) is 23.1 Å². The number of benzene rings is 3. The first-order valence-electron chi connectivity index (χ1n) is 8.49. The molecule has 0 spiro atoms. The highest BCUT2D eigenvalue weighted by atomic mass is 35.5. The molecular weight excluding hydrogens is 330 g/mol. The molecule has 128 valence electrons. The zero-order valence-corrected chi connectivity index (χ0v) is 14.8. The molecule has 0 unspecified atom stereocenters. The van der Waals surface area contributed by atoms with Gasteiger partial charge in [-0.05, 0) is 30.2 Å². The summed E-state index contributed by atoms with van der Waals surface area (Å²) < 4.78 is 6.54. The molecule has 0 saturated carbocycles. The predicted octanol–water partition coefficient (Wildman–Crippen LogP) is 5.00. The van der Waals surface area contributed by atoms with E-state index in [1.54, 1.807) is 0 Å². The van der Waals surface area contributed by atoms with Crippen LogP contribution in [0.25, 0.3) is 0 Å². The molecule has 2 nitrogen and oxygen atoms in total. The van der Waals surface area contributed by atoms with Crippen molar-refractivity contribution < 1.29 is 4.74 Å². The third-order valence-corrected chi connectivity index (χ3v) is 4.61. The van der Waals surface area contributed by atoms with E-state index in [9.17, 15) is 0 Å². The molecule has 2 N–H and O–H groups in total. The van der Waals surface area contributed by atoms with Crippen molar-refractivity contribution in [2.45, 2.75) is 12.0 Å². The Balaban J connectivity index is 2.26. The maximum Gasteiger partial charge on any atom is 0.145 e. The fraction of sp³-hybridized carbons (Fsp3) is 0.182. The van der Waals surface area contributed by atoms with Crippen LogP contribution in [-0.4, -0.2) is 13.2 Å². The van der Waals surface area contributed by atoms with E-state index in [0.29, 0.717) is 18.2 Å². The molecule has 0 aliphatic heterocycles. The summed E-state index contributed by atoms with van der Waals surface area (Å²) in [7, 11) is 0. The highest BCUT2D eigenvalue weighted by Crippen LogP contribution is 2.43. The van der Waals surface area contributed by atoms with Crippen LogP contribution in [0, 0.1) is 0 Å². The first-order chi connectivity index (χ1) is 12.3. The summed E-state index contributed by atoms with van der Waals surface area (Å²) in [4.78, 5) is 0. The summed E-state index contributed by atoms with van der Waals surface area (Å²) in [6.07, 6.45) is 0.784. The van der Waals surface area contributed by atoms with Crippen LogP contribution in [0.4, 0.5) is 0 Å². The first-order valence-corrected chi connectivity index (χ1v) is 8.87. The quantitative estimate of drug-likeness (QED) is 0.480. The number of hydrogen-bond donors (Lipinski definition) is 1. The maximum atomic E-state index is 6.62. The zero-order chi connectivity index (χ0) is 17.5. The average molecular weight is 352 g/mol. The van der Waals surface area contributed by atoms with Crippen LogP contribution in [0.15, 0.2) is 84.9 Å². The van der Waals surface area contributed by atoms with Crippen molar-refractivity contribution in [3.05, 3.63) is 107 Å². The lowest BCUT2D eigenvalue weighted by Crippen LogP contribution is -2.34. The molecule has 0 bridgehead atoms. The van der Waals surface area contributed by atoms with Gasteiger partial charge >= 0.3 is 0 Å². The third kappa shape index (κ3) is 3.62. The molecule has 0 saturated heterocycles. The largest absolute Gasteiger partial charge is 0.361 e. The lowest BCUT2D eigenvalue weighted by Gasteiger charge is -2.36. The standard InChI is InChI=1S/C22H22ClNO/c23-21-15-8-7-14-20(21)22(25-17-9-16-24,18-10-3-1-4-11-18)19-12-5-2-6-13-19/h1-8,10-15H,9,16-17,24H2. The second-order valence-electron chi connectivity index (χ2n) is 5.88. The topological polar surface area (TPSA) is 35.2 Å². The lowest BCUT2D eigenvalue weighted by molar-refractivity contribution is 0.0125. The molecule has 3 aromatic carbocycles. The van der Waals surface area contributed by atoms with Gasteiger partial charge in [0.05, 0.1) is 0 Å². The Morgan fingerprint density at radius 1 is 0.760 bits per heavy atom. The molecule has 3 rings (SSSR count). The highest BCUT2D eigenvalue weighted by Gasteiger charge is 2.38. The zero-order valence-electron chi connectivity index (χ0n) is 14.1. The Bertz CT molecular complexity index is 750. The van der Waals surface area contributed by atoms with E-state index in [1.165, 1.54) is 0 Å². The molecule has 0 aliphatic rings. The van der Waals surface area contributed by atoms with Crippen LogP contribution < -0.4 is 5.73 Å². The van der Waals surface area contributed by atoms with Crippen molar-refractivity contribution in [1.82, 2.24) is 0 Å². The summed E-state index contributed by atoms with van der Waals surface area (Å²) in [6, 6.07) is 28.3. The Morgan fingerprint density at radius 2 is 1.28 bits per heavy atom. The summed E-state index contributed by atoms with van der Waals surface area (Å²) in [6.45, 7) is 1.13. The van der Waals surface area contributed by atoms with Crippen LogP contribution in [-0.2, 0) is 10.3 Å². The molecule has 0 aliphatic carbocycles. The van der Waals surface area contributed by atoms with Crippen molar-refractivity contribution in [3.63, 3.8) is 0 Å². The highest BCUT2D eigenvalue weighted by molar-refractivity contribution is 6.31. The minimum atomic E-state index is -0.768. The van der Waals surface area contributed by atoms with Crippen LogP contribution in [0.3, 0.4) is 0 Å². The summed E-state index contributed by atoms with van der Waals surface area (Å²) >= 11 is 6.62. The van der Waals surface area contributed by atoms with E-state index in [2.05, 4.69) is 24.3 Å². The van der Waals surface area contributed by atoms with Crippen LogP contribution in [0.2, 0.25) is 5.02 Å². The molecule has 0 amide bonds. The number of halogens is 1. The van der Waals surface area contributed by atoms with Gasteiger partial charge in [-0.1, -0.05) is 90.5 Å². The molecule has 0 fully saturated rings. The Kier molecular flexibility index (Phi) is 5.87. The second-order valence-corrected chi connectivity index (χ2v) is 6.29. The molecule has 0 heterocycles. The van der Waals surface area contributed by atoms with Gasteiger partial charge in [0, 0.05) is 17.2 Å². The normalized spacial score (nSPS) is 11.4. The van der Waals surface area contributed by atoms with E-state index < -0.39 is 5.60 Å². The third-order valence-electron chi connectivity index (χ3n) is 4.28. The monoisotopic (exact) mass is 351 g/mol. The van der Waals surface area contributed by atoms with Crippen molar-refractivity contribution >= 4 is 11.6 Å². The molecule has 0 radical (unpaired) electrons. The van der Waals surface area contributed by atoms with Gasteiger partial charge in [-0.3, -0.25) is 0 Å². The average Bonchev–Trinajstić information content (AvgIpc) is 2.68. The Labute approximate surface area is 154 Å². The predicted molar refractivity (Wildman–Crippen MR) is 104 cm³/mol. The summed E-state index contributed by atoms with van der Waals surface area (Å²) in [5, 5.41) is 0.683. The maximum absolute atomic E-state index is 6.62. The number of rotatable bonds is 7. The smallest absolute Gasteiger partial charge is 0.145 e. The molecule has 3 heteroatoms. The van der Waals surface area contributed by atoms with Gasteiger partial charge in [0.1, 0.15) is 5.60 Å². The van der Waals surface area contributed by atoms with E-state index in [1.807, 2.05) is 60.7 Å². The van der Waals surface area contributed by atoms with Crippen molar-refractivity contribution in [2.75, 3.05) is 13.2 Å². The van der Waals surface area contributed by atoms with Gasteiger partial charge in [0.25, 0.3) is 0 Å². The molecule has 0 atom stereocenters. The first kappa shape index (κ1) is 17.7. The fourth-order valence-corrected chi connectivity index (χ4v) is 3.39. The summed E-state index contributed by atoms with van der Waals surface area (Å²) in [5.74, 6) is 0. The SMILES string of the molecule is NCCCOC(c1ccccc1)(c1ccccc1)c1ccccc1Cl. The Hall–Kier alpha value is -2.13. The molecular formula is C22H22ClNO. The molecule has 3 aromatic rings. The van der Waals surface area contributed by atoms with Gasteiger partial charge in [-0.15, -0.1) is 0 Å². The van der Waals surface area contributed by atoms with Crippen LogP contribution in [0.5, 0.6) is 0 Å². The van der Waals surface area contributed by atoms with E-state index in [4.69, 9.17) is 22.1 Å². The number of hydrogen-bond acceptors (Lipinski definition) is 2. The fourth-order valence-electron chi connectivity index (χ4n) is 3.12. The lowest BCUT2D eigenvalue weighted by atomic mass is 9.80. The van der Waals surface area contributed by atoms with Gasteiger partial charge in [0.2, 0.25) is 0 Å². The van der Waals surface area contributed by atoms with Gasteiger partial charge in [0.15, 0.2) is 0 Å². The number of nitrogens with two attached hydrogens (primary N) is 1. The van der Waals surface area contributed by atoms with Crippen molar-refractivity contribution in [3.8, 4) is 0 Å². The minimum absolute atomic E-state index is 0.547. The minimum Gasteiger partial charge on any atom is -0.361 e. The van der Waals surface area contributed by atoms with Crippen molar-refractivity contribution in [1.29, 1.82) is 0 Å². The van der Waals surface area contributed by atoms with Crippen molar-refractivity contribution in [2.24, 2.45) is 5.73 Å². The van der Waals surface area contributed by atoms with Gasteiger partial charge in [-0.2, -0.15) is 0 Å². The summed E-state index contributed by atoms with van der Waals surface area (Å²) in [5.41, 5.74) is 7.96. The van der Waals surface area contributed by atoms with E-state index >= 15 is 0 Å². The molecule has 0 aromatic heterocycles. The van der Waals surface area contributed by atoms with Gasteiger partial charge in [-0.25, -0.2) is 0 Å². The Morgan fingerprint density at radius 3 is 1.80 bits per heavy atom. The second kappa shape index (κ2) is 8.30. The van der Waals surface area contributed by atoms with E-state index in [-0.39, 0.29) is 0 Å². The van der Waals surface area contributed by atoms with Gasteiger partial charge < -0.3 is 10.5 Å². The number of ether oxygens (including phenoxy) is 1. The van der Waals surface area contributed by atoms with Crippen LogP contribution >= 0.6 is 11.6 Å². The molecule has 25 heavy (non-hydrogen) atoms. The van der Waals surface area contributed by atoms with E-state index in [0.717, 1.165) is 23.1 Å².